The lowest BCUT2D eigenvalue weighted by molar-refractivity contribution is 0.0937. The minimum atomic E-state index is -0.0789. The van der Waals surface area contributed by atoms with Crippen molar-refractivity contribution < 1.29 is 9.53 Å². The van der Waals surface area contributed by atoms with Gasteiger partial charge in [0.05, 0.1) is 35.0 Å². The second kappa shape index (κ2) is 9.41. The van der Waals surface area contributed by atoms with Crippen LogP contribution in [0, 0.1) is 6.92 Å². The van der Waals surface area contributed by atoms with Crippen LogP contribution in [-0.4, -0.2) is 42.5 Å². The van der Waals surface area contributed by atoms with Gasteiger partial charge in [0.1, 0.15) is 5.75 Å². The molecule has 1 fully saturated rings. The van der Waals surface area contributed by atoms with Crippen LogP contribution in [0.5, 0.6) is 5.75 Å². The van der Waals surface area contributed by atoms with Gasteiger partial charge in [0, 0.05) is 6.54 Å². The molecule has 0 radical (unpaired) electrons. The number of aryl methyl sites for hydroxylation is 1. The van der Waals surface area contributed by atoms with Crippen LogP contribution >= 0.6 is 11.3 Å². The van der Waals surface area contributed by atoms with E-state index in [1.807, 2.05) is 48.7 Å². The lowest BCUT2D eigenvalue weighted by atomic mass is 10.0. The van der Waals surface area contributed by atoms with Crippen LogP contribution in [0.2, 0.25) is 0 Å². The third-order valence-corrected chi connectivity index (χ3v) is 6.51. The normalized spacial score (nSPS) is 15.1. The summed E-state index contributed by atoms with van der Waals surface area (Å²) in [7, 11) is 1.68. The fraction of sp³-hybridized carbons (Fsp3) is 0.333. The maximum atomic E-state index is 12.9. The van der Waals surface area contributed by atoms with E-state index in [9.17, 15) is 4.79 Å². The molecule has 2 aromatic heterocycles. The van der Waals surface area contributed by atoms with Crippen LogP contribution in [-0.2, 0) is 0 Å². The van der Waals surface area contributed by atoms with Crippen LogP contribution in [0.3, 0.4) is 0 Å². The van der Waals surface area contributed by atoms with Gasteiger partial charge in [-0.1, -0.05) is 18.2 Å². The highest BCUT2D eigenvalue weighted by Crippen LogP contribution is 2.28. The Morgan fingerprint density at radius 3 is 2.73 bits per heavy atom. The van der Waals surface area contributed by atoms with Crippen LogP contribution < -0.4 is 10.1 Å². The van der Waals surface area contributed by atoms with Crippen LogP contribution in [0.15, 0.2) is 53.9 Å². The van der Waals surface area contributed by atoms with Crippen LogP contribution in [0.4, 0.5) is 0 Å². The number of amides is 1. The summed E-state index contributed by atoms with van der Waals surface area (Å²) in [6, 6.07) is 16.1. The molecule has 4 rings (SSSR count). The Kier molecular flexibility index (Phi) is 6.45. The Morgan fingerprint density at radius 1 is 1.20 bits per heavy atom. The molecule has 3 heterocycles. The fourth-order valence-corrected chi connectivity index (χ4v) is 4.70. The summed E-state index contributed by atoms with van der Waals surface area (Å²) in [4.78, 5) is 21.1. The number of hydrogen-bond donors (Lipinski definition) is 1. The van der Waals surface area contributed by atoms with Crippen molar-refractivity contribution in [3.8, 4) is 16.3 Å². The summed E-state index contributed by atoms with van der Waals surface area (Å²) < 4.78 is 5.41. The molecule has 0 aliphatic carbocycles. The molecule has 1 amide bonds. The Labute approximate surface area is 181 Å². The molecule has 156 valence electrons. The summed E-state index contributed by atoms with van der Waals surface area (Å²) >= 11 is 1.65. The van der Waals surface area contributed by atoms with Crippen molar-refractivity contribution in [3.63, 3.8) is 0 Å². The van der Waals surface area contributed by atoms with Gasteiger partial charge in [0.2, 0.25) is 0 Å². The van der Waals surface area contributed by atoms with E-state index < -0.39 is 0 Å². The second-order valence-corrected chi connectivity index (χ2v) is 8.50. The molecule has 1 saturated heterocycles. The highest BCUT2D eigenvalue weighted by Gasteiger charge is 2.25. The first-order valence-corrected chi connectivity index (χ1v) is 11.2. The summed E-state index contributed by atoms with van der Waals surface area (Å²) in [6.45, 7) is 4.55. The molecular weight excluding hydrogens is 394 g/mol. The average Bonchev–Trinajstić information content (AvgIpc) is 3.48. The Balaban J connectivity index is 1.49. The molecule has 0 bridgehead atoms. The largest absolute Gasteiger partial charge is 0.497 e. The van der Waals surface area contributed by atoms with Gasteiger partial charge in [-0.2, -0.15) is 0 Å². The molecule has 1 aliphatic heterocycles. The molecule has 3 aromatic rings. The molecule has 1 N–H and O–H groups in total. The number of aromatic nitrogens is 1. The number of thiophene rings is 1. The van der Waals surface area contributed by atoms with E-state index >= 15 is 0 Å². The minimum Gasteiger partial charge on any atom is -0.497 e. The molecule has 0 saturated carbocycles. The van der Waals surface area contributed by atoms with Gasteiger partial charge in [0.15, 0.2) is 0 Å². The smallest absolute Gasteiger partial charge is 0.253 e. The van der Waals surface area contributed by atoms with Crippen molar-refractivity contribution in [1.29, 1.82) is 0 Å². The lowest BCUT2D eigenvalue weighted by Gasteiger charge is -2.28. The van der Waals surface area contributed by atoms with E-state index in [-0.39, 0.29) is 11.9 Å². The second-order valence-electron chi connectivity index (χ2n) is 7.55. The zero-order valence-electron chi connectivity index (χ0n) is 17.4. The average molecular weight is 422 g/mol. The predicted octanol–water partition coefficient (Wildman–Crippen LogP) is 4.69. The van der Waals surface area contributed by atoms with Crippen LogP contribution in [0.1, 0.15) is 40.5 Å². The van der Waals surface area contributed by atoms with Crippen molar-refractivity contribution in [1.82, 2.24) is 15.2 Å². The van der Waals surface area contributed by atoms with Gasteiger partial charge >= 0.3 is 0 Å². The Morgan fingerprint density at radius 2 is 2.03 bits per heavy atom. The number of likely N-dealkylation sites (tertiary alicyclic amines) is 1. The monoisotopic (exact) mass is 421 g/mol. The Bertz CT molecular complexity index is 997. The molecule has 5 nitrogen and oxygen atoms in total. The predicted molar refractivity (Wildman–Crippen MR) is 121 cm³/mol. The summed E-state index contributed by atoms with van der Waals surface area (Å²) in [5.74, 6) is 0.761. The van der Waals surface area contributed by atoms with E-state index in [2.05, 4.69) is 27.3 Å². The van der Waals surface area contributed by atoms with E-state index in [1.54, 1.807) is 18.4 Å². The number of rotatable bonds is 7. The van der Waals surface area contributed by atoms with Crippen molar-refractivity contribution in [2.75, 3.05) is 26.7 Å². The van der Waals surface area contributed by atoms with E-state index in [4.69, 9.17) is 4.74 Å². The maximum Gasteiger partial charge on any atom is 0.253 e. The van der Waals surface area contributed by atoms with Gasteiger partial charge in [-0.25, -0.2) is 0 Å². The highest BCUT2D eigenvalue weighted by molar-refractivity contribution is 7.13. The van der Waals surface area contributed by atoms with Crippen molar-refractivity contribution >= 4 is 17.2 Å². The quantitative estimate of drug-likeness (QED) is 0.601. The van der Waals surface area contributed by atoms with Gasteiger partial charge in [0.25, 0.3) is 5.91 Å². The number of ether oxygens (including phenoxy) is 1. The SMILES string of the molecule is COc1cccc(C(CNC(=O)c2ccc(-c3cccs3)nc2C)N2CCCC2)c1. The third kappa shape index (κ3) is 4.55. The van der Waals surface area contributed by atoms with Gasteiger partial charge in [-0.15, -0.1) is 11.3 Å². The van der Waals surface area contributed by atoms with E-state index in [0.717, 1.165) is 35.1 Å². The zero-order valence-corrected chi connectivity index (χ0v) is 18.2. The van der Waals surface area contributed by atoms with Crippen molar-refractivity contribution in [3.05, 3.63) is 70.7 Å². The first kappa shape index (κ1) is 20.6. The first-order valence-electron chi connectivity index (χ1n) is 10.3. The maximum absolute atomic E-state index is 12.9. The number of nitrogens with one attached hydrogen (secondary N) is 1. The standard InChI is InChI=1S/C24H27N3O2S/c1-17-20(10-11-21(26-17)23-9-6-14-30-23)24(28)25-16-22(27-12-3-4-13-27)18-7-5-8-19(15-18)29-2/h5-11,14-15,22H,3-4,12-13,16H2,1-2H3,(H,25,28). The van der Waals surface area contributed by atoms with Gasteiger partial charge in [-0.3, -0.25) is 14.7 Å². The van der Waals surface area contributed by atoms with Crippen molar-refractivity contribution in [2.24, 2.45) is 0 Å². The topological polar surface area (TPSA) is 54.5 Å². The number of carbonyl (C=O) groups excluding carboxylic acids is 1. The molecular formula is C24H27N3O2S. The molecule has 6 heteroatoms. The molecule has 1 unspecified atom stereocenters. The fourth-order valence-electron chi connectivity index (χ4n) is 4.01. The van der Waals surface area contributed by atoms with E-state index in [1.165, 1.54) is 18.4 Å². The van der Waals surface area contributed by atoms with Crippen molar-refractivity contribution in [2.45, 2.75) is 25.8 Å². The highest BCUT2D eigenvalue weighted by atomic mass is 32.1. The number of methoxy groups -OCH3 is 1. The molecule has 0 spiro atoms. The lowest BCUT2D eigenvalue weighted by Crippen LogP contribution is -2.37. The zero-order chi connectivity index (χ0) is 20.9. The van der Waals surface area contributed by atoms with Gasteiger partial charge < -0.3 is 10.1 Å². The number of nitrogens with zero attached hydrogens (tertiary/aromatic N) is 2. The minimum absolute atomic E-state index is 0.0789. The summed E-state index contributed by atoms with van der Waals surface area (Å²) in [6.07, 6.45) is 2.39. The number of benzene rings is 1. The Hall–Kier alpha value is -2.70. The van der Waals surface area contributed by atoms with Crippen LogP contribution in [0.25, 0.3) is 10.6 Å². The summed E-state index contributed by atoms with van der Waals surface area (Å²) in [5, 5.41) is 5.18. The van der Waals surface area contributed by atoms with E-state index in [0.29, 0.717) is 12.1 Å². The number of carbonyl (C=O) groups is 1. The third-order valence-electron chi connectivity index (χ3n) is 5.62. The number of pyridine rings is 1. The summed E-state index contributed by atoms with van der Waals surface area (Å²) in [5.41, 5.74) is 3.45. The molecule has 30 heavy (non-hydrogen) atoms. The molecule has 1 atom stereocenters. The van der Waals surface area contributed by atoms with Gasteiger partial charge in [-0.05, 0) is 74.1 Å². The first-order chi connectivity index (χ1) is 14.7. The number of hydrogen-bond acceptors (Lipinski definition) is 5. The molecule has 1 aliphatic rings. The molecule has 1 aromatic carbocycles.